The van der Waals surface area contributed by atoms with Gasteiger partial charge in [-0.15, -0.1) is 0 Å². The number of phenols is 1. The van der Waals surface area contributed by atoms with E-state index in [-0.39, 0.29) is 18.0 Å². The number of aromatic hydroxyl groups is 1. The Labute approximate surface area is 172 Å². The molecule has 0 saturated carbocycles. The van der Waals surface area contributed by atoms with Gasteiger partial charge in [0.1, 0.15) is 5.75 Å². The maximum absolute atomic E-state index is 9.74. The number of ether oxygens (including phenoxy) is 1. The van der Waals surface area contributed by atoms with E-state index in [2.05, 4.69) is 23.5 Å². The molecule has 2 atom stereocenters. The third-order valence-electron chi connectivity index (χ3n) is 4.82. The molecule has 0 radical (unpaired) electrons. The van der Waals surface area contributed by atoms with E-state index >= 15 is 0 Å². The van der Waals surface area contributed by atoms with Crippen LogP contribution in [0.2, 0.25) is 15.1 Å². The molecule has 1 saturated heterocycles. The Morgan fingerprint density at radius 1 is 0.889 bits per heavy atom. The highest BCUT2D eigenvalue weighted by Crippen LogP contribution is 2.38. The first-order valence-electron chi connectivity index (χ1n) is 8.79. The van der Waals surface area contributed by atoms with Gasteiger partial charge in [0, 0.05) is 11.1 Å². The SMILES string of the molecule is Oc1ccc2ccc(C3CCCC(Oc4c(Cl)cc(Cl)cc4Cl)N3)cc2c1. The second kappa shape index (κ2) is 7.76. The highest BCUT2D eigenvalue weighted by atomic mass is 35.5. The van der Waals surface area contributed by atoms with Gasteiger partial charge in [0.15, 0.2) is 12.0 Å². The maximum Gasteiger partial charge on any atom is 0.158 e. The molecule has 1 aliphatic heterocycles. The molecule has 1 aliphatic rings. The van der Waals surface area contributed by atoms with Gasteiger partial charge in [-0.25, -0.2) is 0 Å². The average Bonchev–Trinajstić information content (AvgIpc) is 2.64. The smallest absolute Gasteiger partial charge is 0.158 e. The van der Waals surface area contributed by atoms with Gasteiger partial charge in [0.05, 0.1) is 10.0 Å². The zero-order chi connectivity index (χ0) is 19.0. The van der Waals surface area contributed by atoms with Gasteiger partial charge in [-0.1, -0.05) is 53.0 Å². The van der Waals surface area contributed by atoms with Crippen LogP contribution < -0.4 is 10.1 Å². The third-order valence-corrected chi connectivity index (χ3v) is 5.60. The van der Waals surface area contributed by atoms with Gasteiger partial charge in [0.2, 0.25) is 0 Å². The van der Waals surface area contributed by atoms with Gasteiger partial charge < -0.3 is 9.84 Å². The van der Waals surface area contributed by atoms with Crippen LogP contribution in [0.15, 0.2) is 48.5 Å². The van der Waals surface area contributed by atoms with Crippen LogP contribution in [0.25, 0.3) is 10.8 Å². The molecular weight excluding hydrogens is 405 g/mol. The molecule has 0 spiro atoms. The van der Waals surface area contributed by atoms with Crippen LogP contribution in [-0.4, -0.2) is 11.3 Å². The van der Waals surface area contributed by atoms with Crippen molar-refractivity contribution in [3.63, 3.8) is 0 Å². The number of hydrogen-bond acceptors (Lipinski definition) is 3. The number of benzene rings is 3. The Kier molecular flexibility index (Phi) is 5.38. The highest BCUT2D eigenvalue weighted by Gasteiger charge is 2.25. The van der Waals surface area contributed by atoms with Crippen LogP contribution in [0, 0.1) is 0 Å². The lowest BCUT2D eigenvalue weighted by atomic mass is 9.94. The predicted molar refractivity (Wildman–Crippen MR) is 111 cm³/mol. The van der Waals surface area contributed by atoms with Crippen molar-refractivity contribution in [1.82, 2.24) is 5.32 Å². The van der Waals surface area contributed by atoms with Crippen molar-refractivity contribution in [1.29, 1.82) is 0 Å². The van der Waals surface area contributed by atoms with Crippen molar-refractivity contribution < 1.29 is 9.84 Å². The van der Waals surface area contributed by atoms with Crippen molar-refractivity contribution in [2.75, 3.05) is 0 Å². The molecule has 2 N–H and O–H groups in total. The van der Waals surface area contributed by atoms with E-state index < -0.39 is 0 Å². The molecule has 2 unspecified atom stereocenters. The van der Waals surface area contributed by atoms with Gasteiger partial charge in [0.25, 0.3) is 0 Å². The first kappa shape index (κ1) is 18.7. The van der Waals surface area contributed by atoms with E-state index in [1.54, 1.807) is 24.3 Å². The summed E-state index contributed by atoms with van der Waals surface area (Å²) < 4.78 is 6.06. The van der Waals surface area contributed by atoms with E-state index in [0.29, 0.717) is 20.8 Å². The number of rotatable bonds is 3. The van der Waals surface area contributed by atoms with Gasteiger partial charge in [-0.05, 0) is 65.9 Å². The summed E-state index contributed by atoms with van der Waals surface area (Å²) in [5.41, 5.74) is 1.16. The van der Waals surface area contributed by atoms with E-state index in [4.69, 9.17) is 39.5 Å². The standard InChI is InChI=1S/C21H18Cl3NO2/c22-15-10-17(23)21(18(24)11-15)27-20-3-1-2-19(25-20)13-5-4-12-6-7-16(26)9-14(12)8-13/h4-11,19-20,25-26H,1-3H2. The molecule has 1 heterocycles. The summed E-state index contributed by atoms with van der Waals surface area (Å²) in [5.74, 6) is 0.716. The first-order valence-corrected chi connectivity index (χ1v) is 9.93. The number of phenolic OH excluding ortho intramolecular Hbond substituents is 1. The van der Waals surface area contributed by atoms with Crippen LogP contribution >= 0.6 is 34.8 Å². The van der Waals surface area contributed by atoms with Crippen LogP contribution in [0.5, 0.6) is 11.5 Å². The van der Waals surface area contributed by atoms with Gasteiger partial charge >= 0.3 is 0 Å². The topological polar surface area (TPSA) is 41.5 Å². The molecule has 0 bridgehead atoms. The fourth-order valence-corrected chi connectivity index (χ4v) is 4.41. The van der Waals surface area contributed by atoms with Crippen molar-refractivity contribution in [3.05, 3.63) is 69.2 Å². The normalized spacial score (nSPS) is 20.0. The van der Waals surface area contributed by atoms with Crippen LogP contribution in [-0.2, 0) is 0 Å². The number of fused-ring (bicyclic) bond motifs is 1. The van der Waals surface area contributed by atoms with Crippen LogP contribution in [0.4, 0.5) is 0 Å². The molecular formula is C21H18Cl3NO2. The number of nitrogens with one attached hydrogen (secondary N) is 1. The molecule has 4 rings (SSSR count). The molecule has 0 aromatic heterocycles. The number of halogens is 3. The molecule has 0 amide bonds. The first-order chi connectivity index (χ1) is 13.0. The zero-order valence-corrected chi connectivity index (χ0v) is 16.7. The molecule has 6 heteroatoms. The minimum atomic E-state index is -0.195. The molecule has 3 aromatic carbocycles. The molecule has 3 nitrogen and oxygen atoms in total. The van der Waals surface area contributed by atoms with Gasteiger partial charge in [-0.3, -0.25) is 5.32 Å². The summed E-state index contributed by atoms with van der Waals surface area (Å²) in [6.07, 6.45) is 2.69. The Balaban J connectivity index is 1.55. The lowest BCUT2D eigenvalue weighted by Gasteiger charge is -2.32. The second-order valence-corrected chi connectivity index (χ2v) is 8.00. The summed E-state index contributed by atoms with van der Waals surface area (Å²) in [6.45, 7) is 0. The fourth-order valence-electron chi connectivity index (χ4n) is 3.51. The Morgan fingerprint density at radius 3 is 2.41 bits per heavy atom. The lowest BCUT2D eigenvalue weighted by molar-refractivity contribution is 0.109. The van der Waals surface area contributed by atoms with Crippen molar-refractivity contribution in [3.8, 4) is 11.5 Å². The fraction of sp³-hybridized carbons (Fsp3) is 0.238. The van der Waals surface area contributed by atoms with Gasteiger partial charge in [-0.2, -0.15) is 0 Å². The largest absolute Gasteiger partial charge is 0.508 e. The van der Waals surface area contributed by atoms with Crippen LogP contribution in [0.3, 0.4) is 0 Å². The summed E-state index contributed by atoms with van der Waals surface area (Å²) in [7, 11) is 0. The lowest BCUT2D eigenvalue weighted by Crippen LogP contribution is -2.40. The Morgan fingerprint density at radius 2 is 1.63 bits per heavy atom. The molecule has 0 aliphatic carbocycles. The van der Waals surface area contributed by atoms with Crippen molar-refractivity contribution in [2.45, 2.75) is 31.5 Å². The maximum atomic E-state index is 9.74. The minimum absolute atomic E-state index is 0.153. The van der Waals surface area contributed by atoms with Crippen molar-refractivity contribution in [2.24, 2.45) is 0 Å². The van der Waals surface area contributed by atoms with E-state index in [0.717, 1.165) is 35.6 Å². The quantitative estimate of drug-likeness (QED) is 0.492. The molecule has 3 aromatic rings. The number of piperidine rings is 1. The van der Waals surface area contributed by atoms with E-state index in [9.17, 15) is 5.11 Å². The summed E-state index contributed by atoms with van der Waals surface area (Å²) in [5, 5.41) is 16.7. The van der Waals surface area contributed by atoms with E-state index in [1.165, 1.54) is 0 Å². The number of hydrogen-bond donors (Lipinski definition) is 2. The summed E-state index contributed by atoms with van der Waals surface area (Å²) in [4.78, 5) is 0. The second-order valence-electron chi connectivity index (χ2n) is 6.75. The van der Waals surface area contributed by atoms with E-state index in [1.807, 2.05) is 6.07 Å². The van der Waals surface area contributed by atoms with Crippen LogP contribution in [0.1, 0.15) is 30.9 Å². The average molecular weight is 423 g/mol. The Hall–Kier alpha value is -1.65. The van der Waals surface area contributed by atoms with Crippen molar-refractivity contribution >= 4 is 45.6 Å². The zero-order valence-electron chi connectivity index (χ0n) is 14.4. The highest BCUT2D eigenvalue weighted by molar-refractivity contribution is 6.40. The molecule has 140 valence electrons. The summed E-state index contributed by atoms with van der Waals surface area (Å²) >= 11 is 18.5. The molecule has 1 fully saturated rings. The minimum Gasteiger partial charge on any atom is -0.508 e. The third kappa shape index (κ3) is 4.12. The summed E-state index contributed by atoms with van der Waals surface area (Å²) in [6, 6.07) is 15.1. The monoisotopic (exact) mass is 421 g/mol. The molecule has 27 heavy (non-hydrogen) atoms. The Bertz CT molecular complexity index is 969. The predicted octanol–water partition coefficient (Wildman–Crippen LogP) is 6.73.